The highest BCUT2D eigenvalue weighted by atomic mass is 16.5. The highest BCUT2D eigenvalue weighted by molar-refractivity contribution is 5.97. The Labute approximate surface area is 132 Å². The minimum Gasteiger partial charge on any atom is -0.496 e. The largest absolute Gasteiger partial charge is 0.496 e. The fourth-order valence-corrected chi connectivity index (χ4v) is 2.17. The molecule has 0 radical (unpaired) electrons. The van der Waals surface area contributed by atoms with E-state index in [-0.39, 0.29) is 18.3 Å². The number of ether oxygens (including phenoxy) is 2. The van der Waals surface area contributed by atoms with Crippen molar-refractivity contribution in [3.05, 3.63) is 29.8 Å². The van der Waals surface area contributed by atoms with Crippen LogP contribution in [0, 0.1) is 5.92 Å². The number of esters is 1. The van der Waals surface area contributed by atoms with Gasteiger partial charge in [0.05, 0.1) is 25.7 Å². The van der Waals surface area contributed by atoms with Gasteiger partial charge in [0, 0.05) is 13.1 Å². The van der Waals surface area contributed by atoms with E-state index < -0.39 is 0 Å². The molecule has 0 fully saturated rings. The number of nitrogens with zero attached hydrogens (tertiary/aromatic N) is 1. The molecule has 5 heteroatoms. The van der Waals surface area contributed by atoms with Crippen molar-refractivity contribution in [3.8, 4) is 5.75 Å². The third-order valence-corrected chi connectivity index (χ3v) is 3.10. The van der Waals surface area contributed by atoms with E-state index in [1.165, 1.54) is 7.11 Å². The van der Waals surface area contributed by atoms with Gasteiger partial charge in [0.25, 0.3) is 5.91 Å². The summed E-state index contributed by atoms with van der Waals surface area (Å²) in [4.78, 5) is 25.9. The van der Waals surface area contributed by atoms with E-state index in [1.54, 1.807) is 30.0 Å². The lowest BCUT2D eigenvalue weighted by molar-refractivity contribution is -0.143. The molecule has 122 valence electrons. The zero-order valence-electron chi connectivity index (χ0n) is 13.8. The first-order chi connectivity index (χ1) is 10.5. The van der Waals surface area contributed by atoms with Crippen molar-refractivity contribution < 1.29 is 19.1 Å². The zero-order valence-corrected chi connectivity index (χ0v) is 13.8. The SMILES string of the molecule is CCOC(=O)CCN(CC(C)C)C(=O)c1ccccc1OC. The third kappa shape index (κ3) is 5.39. The number of rotatable bonds is 8. The van der Waals surface area contributed by atoms with Gasteiger partial charge in [0.1, 0.15) is 5.75 Å². The van der Waals surface area contributed by atoms with Gasteiger partial charge in [-0.05, 0) is 25.0 Å². The second-order valence-corrected chi connectivity index (χ2v) is 5.40. The van der Waals surface area contributed by atoms with Crippen LogP contribution >= 0.6 is 0 Å². The Morgan fingerprint density at radius 3 is 2.50 bits per heavy atom. The van der Waals surface area contributed by atoms with Crippen molar-refractivity contribution in [1.82, 2.24) is 4.90 Å². The summed E-state index contributed by atoms with van der Waals surface area (Å²) in [6.45, 7) is 7.11. The van der Waals surface area contributed by atoms with Crippen LogP contribution in [0.25, 0.3) is 0 Å². The van der Waals surface area contributed by atoms with Crippen molar-refractivity contribution >= 4 is 11.9 Å². The van der Waals surface area contributed by atoms with E-state index in [2.05, 4.69) is 0 Å². The second kappa shape index (κ2) is 9.07. The molecule has 0 atom stereocenters. The van der Waals surface area contributed by atoms with Gasteiger partial charge in [-0.2, -0.15) is 0 Å². The molecular formula is C17H25NO4. The van der Waals surface area contributed by atoms with Gasteiger partial charge in [-0.3, -0.25) is 9.59 Å². The Bertz CT molecular complexity index is 499. The summed E-state index contributed by atoms with van der Waals surface area (Å²) in [7, 11) is 1.54. The molecule has 0 saturated carbocycles. The smallest absolute Gasteiger partial charge is 0.307 e. The number of hydrogen-bond acceptors (Lipinski definition) is 4. The van der Waals surface area contributed by atoms with E-state index in [4.69, 9.17) is 9.47 Å². The van der Waals surface area contributed by atoms with Crippen LogP contribution in [0.15, 0.2) is 24.3 Å². The predicted molar refractivity (Wildman–Crippen MR) is 85.0 cm³/mol. The molecule has 0 saturated heterocycles. The summed E-state index contributed by atoms with van der Waals surface area (Å²) in [6, 6.07) is 7.11. The first-order valence-corrected chi connectivity index (χ1v) is 7.57. The molecule has 0 aliphatic carbocycles. The van der Waals surface area contributed by atoms with Crippen LogP contribution in [-0.2, 0) is 9.53 Å². The van der Waals surface area contributed by atoms with E-state index in [9.17, 15) is 9.59 Å². The Kier molecular flexibility index (Phi) is 7.43. The zero-order chi connectivity index (χ0) is 16.5. The number of para-hydroxylation sites is 1. The summed E-state index contributed by atoms with van der Waals surface area (Å²) in [6.07, 6.45) is 0.196. The maximum Gasteiger partial charge on any atom is 0.307 e. The normalized spacial score (nSPS) is 10.4. The highest BCUT2D eigenvalue weighted by Crippen LogP contribution is 2.20. The van der Waals surface area contributed by atoms with Crippen LogP contribution in [0.5, 0.6) is 5.75 Å². The molecule has 22 heavy (non-hydrogen) atoms. The molecule has 1 aromatic rings. The molecule has 5 nitrogen and oxygen atoms in total. The lowest BCUT2D eigenvalue weighted by Gasteiger charge is -2.25. The van der Waals surface area contributed by atoms with Crippen molar-refractivity contribution in [1.29, 1.82) is 0 Å². The van der Waals surface area contributed by atoms with Crippen LogP contribution in [0.2, 0.25) is 0 Å². The second-order valence-electron chi connectivity index (χ2n) is 5.40. The van der Waals surface area contributed by atoms with Gasteiger partial charge in [-0.25, -0.2) is 0 Å². The standard InChI is InChI=1S/C17H25NO4/c1-5-22-16(19)10-11-18(12-13(2)3)17(20)14-8-6-7-9-15(14)21-4/h6-9,13H,5,10-12H2,1-4H3. The summed E-state index contributed by atoms with van der Waals surface area (Å²) in [5, 5.41) is 0. The lowest BCUT2D eigenvalue weighted by Crippen LogP contribution is -2.36. The molecule has 0 spiro atoms. The highest BCUT2D eigenvalue weighted by Gasteiger charge is 2.21. The van der Waals surface area contributed by atoms with Gasteiger partial charge in [-0.1, -0.05) is 26.0 Å². The average Bonchev–Trinajstić information content (AvgIpc) is 2.50. The number of carbonyl (C=O) groups is 2. The van der Waals surface area contributed by atoms with Crippen molar-refractivity contribution in [2.24, 2.45) is 5.92 Å². The van der Waals surface area contributed by atoms with Gasteiger partial charge >= 0.3 is 5.97 Å². The Balaban J connectivity index is 2.86. The van der Waals surface area contributed by atoms with E-state index in [1.807, 2.05) is 19.9 Å². The predicted octanol–water partition coefficient (Wildman–Crippen LogP) is 2.75. The minimum atomic E-state index is -0.288. The van der Waals surface area contributed by atoms with E-state index in [0.29, 0.717) is 36.9 Å². The number of amides is 1. The average molecular weight is 307 g/mol. The molecule has 0 bridgehead atoms. The molecule has 0 aliphatic heterocycles. The Morgan fingerprint density at radius 1 is 1.23 bits per heavy atom. The number of methoxy groups -OCH3 is 1. The monoisotopic (exact) mass is 307 g/mol. The molecule has 1 amide bonds. The molecule has 0 aromatic heterocycles. The van der Waals surface area contributed by atoms with E-state index >= 15 is 0 Å². The lowest BCUT2D eigenvalue weighted by atomic mass is 10.1. The van der Waals surface area contributed by atoms with E-state index in [0.717, 1.165) is 0 Å². The van der Waals surface area contributed by atoms with Crippen LogP contribution in [0.1, 0.15) is 37.6 Å². The molecule has 1 rings (SSSR count). The Morgan fingerprint density at radius 2 is 1.91 bits per heavy atom. The fraction of sp³-hybridized carbons (Fsp3) is 0.529. The van der Waals surface area contributed by atoms with Gasteiger partial charge in [0.2, 0.25) is 0 Å². The Hall–Kier alpha value is -2.04. The van der Waals surface area contributed by atoms with Gasteiger partial charge in [0.15, 0.2) is 0 Å². The topological polar surface area (TPSA) is 55.8 Å². The third-order valence-electron chi connectivity index (χ3n) is 3.10. The molecule has 0 heterocycles. The maximum absolute atomic E-state index is 12.7. The molecule has 0 aliphatic rings. The van der Waals surface area contributed by atoms with Crippen molar-refractivity contribution in [2.45, 2.75) is 27.2 Å². The number of hydrogen-bond donors (Lipinski definition) is 0. The summed E-state index contributed by atoms with van der Waals surface area (Å²) < 4.78 is 10.2. The van der Waals surface area contributed by atoms with Gasteiger partial charge < -0.3 is 14.4 Å². The summed E-state index contributed by atoms with van der Waals surface area (Å²) >= 11 is 0. The quantitative estimate of drug-likeness (QED) is 0.693. The fourth-order valence-electron chi connectivity index (χ4n) is 2.17. The number of carbonyl (C=O) groups excluding carboxylic acids is 2. The minimum absolute atomic E-state index is 0.129. The van der Waals surface area contributed by atoms with Crippen LogP contribution in [0.3, 0.4) is 0 Å². The van der Waals surface area contributed by atoms with Crippen molar-refractivity contribution in [2.75, 3.05) is 26.8 Å². The van der Waals surface area contributed by atoms with Crippen LogP contribution in [-0.4, -0.2) is 43.6 Å². The first-order valence-electron chi connectivity index (χ1n) is 7.57. The molecule has 1 aromatic carbocycles. The molecule has 0 unspecified atom stereocenters. The summed E-state index contributed by atoms with van der Waals surface area (Å²) in [5.41, 5.74) is 0.509. The van der Waals surface area contributed by atoms with Gasteiger partial charge in [-0.15, -0.1) is 0 Å². The molecular weight excluding hydrogens is 282 g/mol. The van der Waals surface area contributed by atoms with Crippen LogP contribution in [0.4, 0.5) is 0 Å². The first kappa shape index (κ1) is 18.0. The van der Waals surface area contributed by atoms with Crippen molar-refractivity contribution in [3.63, 3.8) is 0 Å². The number of benzene rings is 1. The molecule has 0 N–H and O–H groups in total. The summed E-state index contributed by atoms with van der Waals surface area (Å²) in [5.74, 6) is 0.428. The van der Waals surface area contributed by atoms with Crippen LogP contribution < -0.4 is 4.74 Å². The maximum atomic E-state index is 12.7.